The van der Waals surface area contributed by atoms with Crippen molar-refractivity contribution in [2.75, 3.05) is 5.73 Å². The Bertz CT molecular complexity index is 977. The number of aromatic nitrogens is 5. The molecule has 3 N–H and O–H groups in total. The normalized spacial score (nSPS) is 11.1. The predicted molar refractivity (Wildman–Crippen MR) is 82.4 cm³/mol. The fourth-order valence-corrected chi connectivity index (χ4v) is 2.39. The fraction of sp³-hybridized carbons (Fsp3) is 0.0667. The summed E-state index contributed by atoms with van der Waals surface area (Å²) in [5.41, 5.74) is 8.19. The zero-order valence-electron chi connectivity index (χ0n) is 11.9. The summed E-state index contributed by atoms with van der Waals surface area (Å²) in [5, 5.41) is 17.8. The first-order chi connectivity index (χ1) is 11.2. The summed E-state index contributed by atoms with van der Waals surface area (Å²) < 4.78 is 6.98. The maximum absolute atomic E-state index is 9.56. The van der Waals surface area contributed by atoms with Gasteiger partial charge in [0.1, 0.15) is 11.4 Å². The number of rotatable bonds is 3. The molecule has 0 aliphatic heterocycles. The molecule has 0 aliphatic carbocycles. The number of anilines is 1. The minimum atomic E-state index is 0.114. The van der Waals surface area contributed by atoms with E-state index in [0.717, 1.165) is 5.56 Å². The highest BCUT2D eigenvalue weighted by atomic mass is 16.3. The van der Waals surface area contributed by atoms with Gasteiger partial charge in [0.15, 0.2) is 16.9 Å². The number of benzene rings is 1. The van der Waals surface area contributed by atoms with Crippen molar-refractivity contribution in [2.45, 2.75) is 6.54 Å². The van der Waals surface area contributed by atoms with E-state index in [1.807, 2.05) is 6.07 Å². The second-order valence-corrected chi connectivity index (χ2v) is 5.00. The molecule has 1 aromatic carbocycles. The lowest BCUT2D eigenvalue weighted by molar-refractivity contribution is 0.474. The lowest BCUT2D eigenvalue weighted by Crippen LogP contribution is -2.05. The van der Waals surface area contributed by atoms with Crippen molar-refractivity contribution in [3.63, 3.8) is 0 Å². The minimum absolute atomic E-state index is 0.114. The molecule has 0 radical (unpaired) electrons. The number of hydrogen-bond acceptors (Lipinski definition) is 7. The van der Waals surface area contributed by atoms with Crippen molar-refractivity contribution >= 4 is 17.1 Å². The van der Waals surface area contributed by atoms with Crippen molar-refractivity contribution in [1.29, 1.82) is 0 Å². The van der Waals surface area contributed by atoms with Gasteiger partial charge in [-0.05, 0) is 29.8 Å². The molecule has 0 unspecified atom stereocenters. The molecular formula is C15H12N6O2. The number of phenols is 1. The Morgan fingerprint density at radius 2 is 2.09 bits per heavy atom. The van der Waals surface area contributed by atoms with Crippen LogP contribution < -0.4 is 5.73 Å². The number of phenolic OH excluding ortho intramolecular Hbond substituents is 1. The predicted octanol–water partition coefficient (Wildman–Crippen LogP) is 1.82. The van der Waals surface area contributed by atoms with E-state index < -0.39 is 0 Å². The molecule has 0 fully saturated rings. The molecule has 3 heterocycles. The molecule has 4 aromatic rings. The van der Waals surface area contributed by atoms with Crippen LogP contribution in [0.2, 0.25) is 0 Å². The Labute approximate surface area is 130 Å². The summed E-state index contributed by atoms with van der Waals surface area (Å²) in [4.78, 5) is 8.42. The quantitative estimate of drug-likeness (QED) is 0.593. The van der Waals surface area contributed by atoms with Gasteiger partial charge < -0.3 is 15.3 Å². The zero-order valence-corrected chi connectivity index (χ0v) is 11.9. The maximum Gasteiger partial charge on any atom is 0.222 e. The van der Waals surface area contributed by atoms with Crippen molar-refractivity contribution in [3.05, 3.63) is 48.2 Å². The van der Waals surface area contributed by atoms with Crippen LogP contribution in [0.3, 0.4) is 0 Å². The molecule has 0 atom stereocenters. The van der Waals surface area contributed by atoms with Crippen LogP contribution >= 0.6 is 0 Å². The van der Waals surface area contributed by atoms with Crippen molar-refractivity contribution in [3.8, 4) is 17.2 Å². The summed E-state index contributed by atoms with van der Waals surface area (Å²) in [5.74, 6) is 0.856. The first-order valence-corrected chi connectivity index (χ1v) is 6.89. The van der Waals surface area contributed by atoms with Crippen LogP contribution in [0.15, 0.2) is 47.1 Å². The molecule has 3 aromatic heterocycles. The van der Waals surface area contributed by atoms with E-state index in [9.17, 15) is 5.11 Å². The second kappa shape index (κ2) is 5.09. The molecule has 0 saturated heterocycles. The number of furan rings is 1. The van der Waals surface area contributed by atoms with Crippen LogP contribution in [0.5, 0.6) is 5.75 Å². The van der Waals surface area contributed by atoms with E-state index in [2.05, 4.69) is 20.3 Å². The molecule has 0 bridgehead atoms. The highest BCUT2D eigenvalue weighted by molar-refractivity contribution is 5.85. The molecule has 23 heavy (non-hydrogen) atoms. The molecule has 0 amide bonds. The summed E-state index contributed by atoms with van der Waals surface area (Å²) in [7, 11) is 0. The summed E-state index contributed by atoms with van der Waals surface area (Å²) in [6.45, 7) is 0.402. The molecule has 0 spiro atoms. The van der Waals surface area contributed by atoms with Gasteiger partial charge in [-0.1, -0.05) is 17.3 Å². The Balaban J connectivity index is 1.83. The molecule has 0 aliphatic rings. The lowest BCUT2D eigenvalue weighted by Gasteiger charge is -2.04. The molecular weight excluding hydrogens is 296 g/mol. The van der Waals surface area contributed by atoms with Crippen LogP contribution in [0.1, 0.15) is 5.56 Å². The van der Waals surface area contributed by atoms with E-state index in [1.165, 1.54) is 0 Å². The smallest absolute Gasteiger partial charge is 0.222 e. The van der Waals surface area contributed by atoms with Crippen molar-refractivity contribution in [2.24, 2.45) is 0 Å². The van der Waals surface area contributed by atoms with Crippen LogP contribution in [0.25, 0.3) is 22.6 Å². The summed E-state index contributed by atoms with van der Waals surface area (Å²) in [6.07, 6.45) is 1.55. The number of hydrogen-bond donors (Lipinski definition) is 2. The van der Waals surface area contributed by atoms with Crippen LogP contribution in [0.4, 0.5) is 5.95 Å². The Morgan fingerprint density at radius 1 is 1.17 bits per heavy atom. The number of fused-ring (bicyclic) bond motifs is 1. The monoisotopic (exact) mass is 308 g/mol. The number of nitrogen functional groups attached to an aromatic ring is 1. The van der Waals surface area contributed by atoms with Gasteiger partial charge in [-0.2, -0.15) is 4.98 Å². The molecule has 114 valence electrons. The number of nitrogens with zero attached hydrogens (tertiary/aromatic N) is 5. The van der Waals surface area contributed by atoms with E-state index >= 15 is 0 Å². The van der Waals surface area contributed by atoms with E-state index in [1.54, 1.807) is 41.3 Å². The lowest BCUT2D eigenvalue weighted by atomic mass is 10.2. The van der Waals surface area contributed by atoms with Gasteiger partial charge in [0, 0.05) is 0 Å². The standard InChI is InChI=1S/C15H12N6O2/c16-15-17-12(11-5-2-6-23-11)13-14(18-15)21(20-19-13)8-9-3-1-4-10(22)7-9/h1-7,22H,8H2,(H2,16,17,18). The van der Waals surface area contributed by atoms with E-state index in [4.69, 9.17) is 10.2 Å². The molecule has 4 rings (SSSR count). The highest BCUT2D eigenvalue weighted by Gasteiger charge is 2.17. The van der Waals surface area contributed by atoms with Crippen LogP contribution in [-0.2, 0) is 6.54 Å². The Hall–Kier alpha value is -3.42. The number of nitrogens with two attached hydrogens (primary N) is 1. The average Bonchev–Trinajstić information content (AvgIpc) is 3.17. The number of aromatic hydroxyl groups is 1. The SMILES string of the molecule is Nc1nc(-c2ccco2)c2nnn(Cc3cccc(O)c3)c2n1. The molecule has 8 heteroatoms. The van der Waals surface area contributed by atoms with Crippen LogP contribution in [-0.4, -0.2) is 30.1 Å². The Morgan fingerprint density at radius 3 is 2.87 bits per heavy atom. The summed E-state index contributed by atoms with van der Waals surface area (Å²) in [6, 6.07) is 10.4. The van der Waals surface area contributed by atoms with Crippen molar-refractivity contribution < 1.29 is 9.52 Å². The minimum Gasteiger partial charge on any atom is -0.508 e. The van der Waals surface area contributed by atoms with Crippen LogP contribution in [0, 0.1) is 0 Å². The summed E-state index contributed by atoms with van der Waals surface area (Å²) >= 11 is 0. The fourth-order valence-electron chi connectivity index (χ4n) is 2.39. The second-order valence-electron chi connectivity index (χ2n) is 5.00. The Kier molecular flexibility index (Phi) is 2.94. The van der Waals surface area contributed by atoms with Gasteiger partial charge in [-0.25, -0.2) is 9.67 Å². The first kappa shape index (κ1) is 13.3. The van der Waals surface area contributed by atoms with Gasteiger partial charge in [0.05, 0.1) is 12.8 Å². The molecule has 8 nitrogen and oxygen atoms in total. The first-order valence-electron chi connectivity index (χ1n) is 6.89. The average molecular weight is 308 g/mol. The third kappa shape index (κ3) is 2.35. The van der Waals surface area contributed by atoms with Crippen molar-refractivity contribution in [1.82, 2.24) is 25.0 Å². The zero-order chi connectivity index (χ0) is 15.8. The van der Waals surface area contributed by atoms with Gasteiger partial charge >= 0.3 is 0 Å². The van der Waals surface area contributed by atoms with Gasteiger partial charge in [0.2, 0.25) is 5.95 Å². The highest BCUT2D eigenvalue weighted by Crippen LogP contribution is 2.25. The van der Waals surface area contributed by atoms with Gasteiger partial charge in [0.25, 0.3) is 0 Å². The molecule has 0 saturated carbocycles. The third-order valence-electron chi connectivity index (χ3n) is 3.38. The van der Waals surface area contributed by atoms with Gasteiger partial charge in [-0.15, -0.1) is 5.10 Å². The van der Waals surface area contributed by atoms with E-state index in [0.29, 0.717) is 29.2 Å². The van der Waals surface area contributed by atoms with Gasteiger partial charge in [-0.3, -0.25) is 0 Å². The largest absolute Gasteiger partial charge is 0.508 e. The topological polar surface area (TPSA) is 116 Å². The van der Waals surface area contributed by atoms with E-state index in [-0.39, 0.29) is 11.7 Å². The third-order valence-corrected chi connectivity index (χ3v) is 3.38. The maximum atomic E-state index is 9.56.